The number of hydrogen-bond acceptors (Lipinski definition) is 3. The molecule has 2 rings (SSSR count). The SMILES string of the molecule is O=C(Cc1ccc(F)c(F)c1)N1CCCN(CCO)CC1. The van der Waals surface area contributed by atoms with Gasteiger partial charge in [0.05, 0.1) is 13.0 Å². The molecule has 0 spiro atoms. The van der Waals surface area contributed by atoms with Gasteiger partial charge in [0, 0.05) is 26.2 Å². The van der Waals surface area contributed by atoms with E-state index in [0.717, 1.165) is 31.6 Å². The minimum Gasteiger partial charge on any atom is -0.395 e. The van der Waals surface area contributed by atoms with E-state index in [1.807, 2.05) is 0 Å². The van der Waals surface area contributed by atoms with Crippen LogP contribution in [0.25, 0.3) is 0 Å². The summed E-state index contributed by atoms with van der Waals surface area (Å²) in [5, 5.41) is 8.94. The molecule has 0 aliphatic carbocycles. The second-order valence-electron chi connectivity index (χ2n) is 5.22. The number of rotatable bonds is 4. The summed E-state index contributed by atoms with van der Waals surface area (Å²) in [6.45, 7) is 3.57. The van der Waals surface area contributed by atoms with Crippen molar-refractivity contribution in [3.63, 3.8) is 0 Å². The van der Waals surface area contributed by atoms with Crippen molar-refractivity contribution < 1.29 is 18.7 Å². The fourth-order valence-corrected chi connectivity index (χ4v) is 2.52. The number of amides is 1. The molecule has 116 valence electrons. The van der Waals surface area contributed by atoms with Gasteiger partial charge in [-0.25, -0.2) is 8.78 Å². The maximum Gasteiger partial charge on any atom is 0.227 e. The zero-order chi connectivity index (χ0) is 15.2. The molecule has 1 aliphatic heterocycles. The van der Waals surface area contributed by atoms with Gasteiger partial charge in [0.1, 0.15) is 0 Å². The van der Waals surface area contributed by atoms with Crippen LogP contribution in [0.1, 0.15) is 12.0 Å². The van der Waals surface area contributed by atoms with Gasteiger partial charge in [0.15, 0.2) is 11.6 Å². The van der Waals surface area contributed by atoms with Crippen LogP contribution in [0.4, 0.5) is 8.78 Å². The van der Waals surface area contributed by atoms with Crippen LogP contribution in [0, 0.1) is 11.6 Å². The molecule has 4 nitrogen and oxygen atoms in total. The molecule has 0 atom stereocenters. The molecule has 6 heteroatoms. The lowest BCUT2D eigenvalue weighted by Crippen LogP contribution is -2.36. The van der Waals surface area contributed by atoms with E-state index in [9.17, 15) is 13.6 Å². The Hall–Kier alpha value is -1.53. The minimum atomic E-state index is -0.926. The molecule has 1 saturated heterocycles. The fourth-order valence-electron chi connectivity index (χ4n) is 2.52. The van der Waals surface area contributed by atoms with Crippen LogP contribution >= 0.6 is 0 Å². The average Bonchev–Trinajstić information content (AvgIpc) is 2.69. The summed E-state index contributed by atoms with van der Waals surface area (Å²) < 4.78 is 26.0. The first kappa shape index (κ1) is 15.9. The summed E-state index contributed by atoms with van der Waals surface area (Å²) >= 11 is 0. The molecule has 1 fully saturated rings. The summed E-state index contributed by atoms with van der Waals surface area (Å²) in [6.07, 6.45) is 0.931. The van der Waals surface area contributed by atoms with Gasteiger partial charge in [0.25, 0.3) is 0 Å². The number of halogens is 2. The molecule has 0 unspecified atom stereocenters. The van der Waals surface area contributed by atoms with Crippen molar-refractivity contribution in [2.24, 2.45) is 0 Å². The highest BCUT2D eigenvalue weighted by Crippen LogP contribution is 2.11. The van der Waals surface area contributed by atoms with Crippen molar-refractivity contribution in [3.05, 3.63) is 35.4 Å². The van der Waals surface area contributed by atoms with Gasteiger partial charge in [0.2, 0.25) is 5.91 Å². The van der Waals surface area contributed by atoms with Crippen molar-refractivity contribution in [2.45, 2.75) is 12.8 Å². The first-order valence-electron chi connectivity index (χ1n) is 7.15. The van der Waals surface area contributed by atoms with Gasteiger partial charge in [-0.3, -0.25) is 9.69 Å². The third-order valence-electron chi connectivity index (χ3n) is 3.70. The van der Waals surface area contributed by atoms with Crippen molar-refractivity contribution >= 4 is 5.91 Å². The lowest BCUT2D eigenvalue weighted by atomic mass is 10.1. The molecule has 1 aromatic rings. The summed E-state index contributed by atoms with van der Waals surface area (Å²) in [5.74, 6) is -1.90. The summed E-state index contributed by atoms with van der Waals surface area (Å²) in [4.78, 5) is 16.1. The number of nitrogens with zero attached hydrogens (tertiary/aromatic N) is 2. The first-order valence-corrected chi connectivity index (χ1v) is 7.15. The Morgan fingerprint density at radius 3 is 2.67 bits per heavy atom. The Balaban J connectivity index is 1.92. The Morgan fingerprint density at radius 2 is 1.95 bits per heavy atom. The molecule has 21 heavy (non-hydrogen) atoms. The van der Waals surface area contributed by atoms with Crippen molar-refractivity contribution in [1.29, 1.82) is 0 Å². The molecule has 0 saturated carbocycles. The monoisotopic (exact) mass is 298 g/mol. The average molecular weight is 298 g/mol. The summed E-state index contributed by atoms with van der Waals surface area (Å²) in [7, 11) is 0. The van der Waals surface area contributed by atoms with Gasteiger partial charge in [-0.2, -0.15) is 0 Å². The topological polar surface area (TPSA) is 43.8 Å². The van der Waals surface area contributed by atoms with E-state index in [4.69, 9.17) is 5.11 Å². The molecule has 0 bridgehead atoms. The highest BCUT2D eigenvalue weighted by Gasteiger charge is 2.19. The smallest absolute Gasteiger partial charge is 0.227 e. The van der Waals surface area contributed by atoms with Crippen LogP contribution < -0.4 is 0 Å². The first-order chi connectivity index (χ1) is 10.1. The molecule has 1 aromatic carbocycles. The predicted octanol–water partition coefficient (Wildman–Crippen LogP) is 1.03. The number of hydrogen-bond donors (Lipinski definition) is 1. The fraction of sp³-hybridized carbons (Fsp3) is 0.533. The Bertz CT molecular complexity index is 497. The second kappa shape index (κ2) is 7.47. The van der Waals surface area contributed by atoms with Gasteiger partial charge in [-0.15, -0.1) is 0 Å². The van der Waals surface area contributed by atoms with Crippen molar-refractivity contribution in [3.8, 4) is 0 Å². The van der Waals surface area contributed by atoms with E-state index in [2.05, 4.69) is 4.90 Å². The zero-order valence-electron chi connectivity index (χ0n) is 11.9. The van der Waals surface area contributed by atoms with Crippen LogP contribution in [0.2, 0.25) is 0 Å². The zero-order valence-corrected chi connectivity index (χ0v) is 11.9. The normalized spacial score (nSPS) is 16.8. The highest BCUT2D eigenvalue weighted by atomic mass is 19.2. The molecule has 0 radical (unpaired) electrons. The molecule has 0 aromatic heterocycles. The Morgan fingerprint density at radius 1 is 1.14 bits per heavy atom. The maximum atomic E-state index is 13.1. The number of carbonyl (C=O) groups excluding carboxylic acids is 1. The minimum absolute atomic E-state index is 0.0770. The lowest BCUT2D eigenvalue weighted by molar-refractivity contribution is -0.130. The lowest BCUT2D eigenvalue weighted by Gasteiger charge is -2.21. The van der Waals surface area contributed by atoms with Crippen molar-refractivity contribution in [2.75, 3.05) is 39.3 Å². The summed E-state index contributed by atoms with van der Waals surface area (Å²) in [5.41, 5.74) is 0.482. The number of aliphatic hydroxyl groups is 1. The third kappa shape index (κ3) is 4.47. The van der Waals surface area contributed by atoms with Gasteiger partial charge in [-0.05, 0) is 30.7 Å². The van der Waals surface area contributed by atoms with E-state index in [1.165, 1.54) is 6.07 Å². The predicted molar refractivity (Wildman–Crippen MR) is 74.8 cm³/mol. The number of benzene rings is 1. The van der Waals surface area contributed by atoms with E-state index in [0.29, 0.717) is 25.2 Å². The van der Waals surface area contributed by atoms with E-state index < -0.39 is 11.6 Å². The molecule has 1 N–H and O–H groups in total. The van der Waals surface area contributed by atoms with Crippen LogP contribution in [-0.4, -0.2) is 60.1 Å². The number of carbonyl (C=O) groups is 1. The van der Waals surface area contributed by atoms with Crippen LogP contribution in [0.5, 0.6) is 0 Å². The summed E-state index contributed by atoms with van der Waals surface area (Å²) in [6, 6.07) is 3.55. The third-order valence-corrected chi connectivity index (χ3v) is 3.70. The highest BCUT2D eigenvalue weighted by molar-refractivity contribution is 5.78. The number of β-amino-alcohol motifs (C(OH)–C–C–N with tert-alkyl or cyclic N) is 1. The van der Waals surface area contributed by atoms with Crippen LogP contribution in [0.3, 0.4) is 0 Å². The second-order valence-corrected chi connectivity index (χ2v) is 5.22. The van der Waals surface area contributed by atoms with E-state index in [1.54, 1.807) is 4.90 Å². The quantitative estimate of drug-likeness (QED) is 0.903. The van der Waals surface area contributed by atoms with E-state index >= 15 is 0 Å². The van der Waals surface area contributed by atoms with Gasteiger partial charge >= 0.3 is 0 Å². The molecular formula is C15H20F2N2O2. The molecule has 1 heterocycles. The number of aliphatic hydroxyl groups excluding tert-OH is 1. The molecular weight excluding hydrogens is 278 g/mol. The van der Waals surface area contributed by atoms with Crippen LogP contribution in [0.15, 0.2) is 18.2 Å². The van der Waals surface area contributed by atoms with Gasteiger partial charge in [-0.1, -0.05) is 6.07 Å². The Labute approximate surface area is 123 Å². The largest absolute Gasteiger partial charge is 0.395 e. The van der Waals surface area contributed by atoms with Crippen molar-refractivity contribution in [1.82, 2.24) is 9.80 Å². The van der Waals surface area contributed by atoms with E-state index in [-0.39, 0.29) is 18.9 Å². The molecule has 1 aliphatic rings. The van der Waals surface area contributed by atoms with Crippen LogP contribution in [-0.2, 0) is 11.2 Å². The standard InChI is InChI=1S/C15H20F2N2O2/c16-13-3-2-12(10-14(13)17)11-15(21)19-5-1-4-18(6-7-19)8-9-20/h2-3,10,20H,1,4-9,11H2. The maximum absolute atomic E-state index is 13.1. The Kier molecular flexibility index (Phi) is 5.64. The van der Waals surface area contributed by atoms with Gasteiger partial charge < -0.3 is 10.0 Å². The molecule has 1 amide bonds.